The molecule has 0 unspecified atom stereocenters. The van der Waals surface area contributed by atoms with Gasteiger partial charge in [-0.2, -0.15) is 4.98 Å². The number of nitrogens with zero attached hydrogens (tertiary/aromatic N) is 1. The third kappa shape index (κ3) is 2.25. The van der Waals surface area contributed by atoms with Gasteiger partial charge in [0.2, 0.25) is 0 Å². The molecular formula is C13H14FN3O2. The number of rotatable bonds is 3. The van der Waals surface area contributed by atoms with Crippen LogP contribution in [0.1, 0.15) is 36.0 Å². The maximum atomic E-state index is 13.4. The number of hydrogen-bond acceptors (Lipinski definition) is 4. The van der Waals surface area contributed by atoms with Gasteiger partial charge in [-0.3, -0.25) is 4.79 Å². The molecule has 1 aromatic carbocycles. The van der Waals surface area contributed by atoms with Crippen LogP contribution in [0.5, 0.6) is 0 Å². The van der Waals surface area contributed by atoms with E-state index in [0.717, 1.165) is 18.9 Å². The number of carbonyl (C=O) groups excluding carboxylic acids is 1. The Bertz CT molecular complexity index is 632. The van der Waals surface area contributed by atoms with Crippen LogP contribution in [-0.4, -0.2) is 16.9 Å². The minimum Gasteiger partial charge on any atom is -0.423 e. The van der Waals surface area contributed by atoms with Gasteiger partial charge in [-0.05, 0) is 18.9 Å². The summed E-state index contributed by atoms with van der Waals surface area (Å²) in [7, 11) is 0. The van der Waals surface area contributed by atoms with Gasteiger partial charge in [0.25, 0.3) is 11.9 Å². The Kier molecular flexibility index (Phi) is 2.85. The molecule has 1 aromatic heterocycles. The van der Waals surface area contributed by atoms with Gasteiger partial charge in [0, 0.05) is 12.1 Å². The molecule has 0 spiro atoms. The van der Waals surface area contributed by atoms with Crippen molar-refractivity contribution < 1.29 is 13.6 Å². The third-order valence-corrected chi connectivity index (χ3v) is 3.40. The Hall–Kier alpha value is -2.11. The highest BCUT2D eigenvalue weighted by atomic mass is 19.1. The minimum atomic E-state index is -0.729. The van der Waals surface area contributed by atoms with E-state index >= 15 is 0 Å². The monoisotopic (exact) mass is 263 g/mol. The Labute approximate surface area is 109 Å². The number of anilines is 1. The number of aromatic nitrogens is 1. The number of halogens is 1. The van der Waals surface area contributed by atoms with Crippen molar-refractivity contribution in [1.82, 2.24) is 4.98 Å². The Morgan fingerprint density at radius 2 is 2.16 bits per heavy atom. The lowest BCUT2D eigenvalue weighted by Crippen LogP contribution is -2.14. The van der Waals surface area contributed by atoms with Crippen LogP contribution >= 0.6 is 0 Å². The van der Waals surface area contributed by atoms with E-state index in [1.54, 1.807) is 0 Å². The average Bonchev–Trinajstić information content (AvgIpc) is 2.97. The van der Waals surface area contributed by atoms with Crippen molar-refractivity contribution in [2.45, 2.75) is 31.7 Å². The van der Waals surface area contributed by atoms with Crippen molar-refractivity contribution in [2.75, 3.05) is 5.32 Å². The van der Waals surface area contributed by atoms with Crippen molar-refractivity contribution in [3.8, 4) is 0 Å². The van der Waals surface area contributed by atoms with Crippen LogP contribution in [0, 0.1) is 5.82 Å². The summed E-state index contributed by atoms with van der Waals surface area (Å²) in [5.74, 6) is -1.28. The van der Waals surface area contributed by atoms with E-state index in [1.165, 1.54) is 18.9 Å². The molecule has 1 heterocycles. The molecule has 1 saturated carbocycles. The second kappa shape index (κ2) is 4.53. The van der Waals surface area contributed by atoms with Gasteiger partial charge in [-0.25, -0.2) is 4.39 Å². The highest BCUT2D eigenvalue weighted by Crippen LogP contribution is 2.27. The Morgan fingerprint density at radius 1 is 1.42 bits per heavy atom. The largest absolute Gasteiger partial charge is 0.423 e. The zero-order chi connectivity index (χ0) is 13.4. The highest BCUT2D eigenvalue weighted by molar-refractivity contribution is 6.03. The molecule has 1 amide bonds. The average molecular weight is 263 g/mol. The zero-order valence-electron chi connectivity index (χ0n) is 10.3. The molecule has 6 heteroatoms. The molecule has 0 bridgehead atoms. The predicted molar refractivity (Wildman–Crippen MR) is 68.4 cm³/mol. The number of nitrogens with two attached hydrogens (primary N) is 1. The molecule has 1 aliphatic carbocycles. The van der Waals surface area contributed by atoms with E-state index < -0.39 is 11.7 Å². The van der Waals surface area contributed by atoms with Crippen LogP contribution in [0.4, 0.5) is 10.4 Å². The van der Waals surface area contributed by atoms with Crippen LogP contribution in [0.2, 0.25) is 0 Å². The summed E-state index contributed by atoms with van der Waals surface area (Å²) < 4.78 is 18.8. The van der Waals surface area contributed by atoms with E-state index in [2.05, 4.69) is 10.3 Å². The van der Waals surface area contributed by atoms with E-state index in [-0.39, 0.29) is 11.1 Å². The summed E-state index contributed by atoms with van der Waals surface area (Å²) >= 11 is 0. The lowest BCUT2D eigenvalue weighted by molar-refractivity contribution is 0.100. The van der Waals surface area contributed by atoms with Gasteiger partial charge in [0.15, 0.2) is 5.58 Å². The van der Waals surface area contributed by atoms with E-state index in [9.17, 15) is 9.18 Å². The Morgan fingerprint density at radius 3 is 2.84 bits per heavy atom. The van der Waals surface area contributed by atoms with Crippen molar-refractivity contribution in [2.24, 2.45) is 5.73 Å². The number of primary amides is 1. The number of amides is 1. The highest BCUT2D eigenvalue weighted by Gasteiger charge is 2.19. The van der Waals surface area contributed by atoms with Crippen LogP contribution in [0.3, 0.4) is 0 Å². The summed E-state index contributed by atoms with van der Waals surface area (Å²) in [6, 6.07) is 2.94. The van der Waals surface area contributed by atoms with Gasteiger partial charge in [-0.15, -0.1) is 0 Å². The molecule has 3 rings (SSSR count). The standard InChI is InChI=1S/C13H14FN3O2/c14-7-5-9(12(15)18)11-10(6-7)17-13(19-11)16-8-3-1-2-4-8/h5-6,8H,1-4H2,(H2,15,18)(H,16,17). The molecule has 1 fully saturated rings. The molecule has 0 aliphatic heterocycles. The SMILES string of the molecule is NC(=O)c1cc(F)cc2nc(NC3CCCC3)oc12. The van der Waals surface area contributed by atoms with Crippen LogP contribution in [0.25, 0.3) is 11.1 Å². The van der Waals surface area contributed by atoms with E-state index in [1.807, 2.05) is 0 Å². The molecule has 2 aromatic rings. The lowest BCUT2D eigenvalue weighted by Gasteiger charge is -2.08. The number of nitrogens with one attached hydrogen (secondary N) is 1. The summed E-state index contributed by atoms with van der Waals surface area (Å²) in [5.41, 5.74) is 5.75. The molecular weight excluding hydrogens is 249 g/mol. The molecule has 19 heavy (non-hydrogen) atoms. The first-order valence-electron chi connectivity index (χ1n) is 6.30. The van der Waals surface area contributed by atoms with Crippen molar-refractivity contribution >= 4 is 23.0 Å². The second-order valence-electron chi connectivity index (χ2n) is 4.81. The first-order valence-corrected chi connectivity index (χ1v) is 6.30. The summed E-state index contributed by atoms with van der Waals surface area (Å²) in [6.45, 7) is 0. The maximum absolute atomic E-state index is 13.4. The van der Waals surface area contributed by atoms with Crippen LogP contribution in [-0.2, 0) is 0 Å². The number of hydrogen-bond donors (Lipinski definition) is 2. The molecule has 100 valence electrons. The topological polar surface area (TPSA) is 81.2 Å². The maximum Gasteiger partial charge on any atom is 0.295 e. The van der Waals surface area contributed by atoms with Crippen LogP contribution < -0.4 is 11.1 Å². The van der Waals surface area contributed by atoms with Gasteiger partial charge in [-0.1, -0.05) is 12.8 Å². The quantitative estimate of drug-likeness (QED) is 0.891. The van der Waals surface area contributed by atoms with Crippen molar-refractivity contribution in [1.29, 1.82) is 0 Å². The molecule has 1 aliphatic rings. The Balaban J connectivity index is 1.99. The molecule has 3 N–H and O–H groups in total. The first kappa shape index (κ1) is 12.0. The smallest absolute Gasteiger partial charge is 0.295 e. The molecule has 0 atom stereocenters. The fourth-order valence-electron chi connectivity index (χ4n) is 2.49. The third-order valence-electron chi connectivity index (χ3n) is 3.40. The number of benzene rings is 1. The molecule has 5 nitrogen and oxygen atoms in total. The first-order chi connectivity index (χ1) is 9.13. The zero-order valence-corrected chi connectivity index (χ0v) is 10.3. The van der Waals surface area contributed by atoms with Gasteiger partial charge in [0.05, 0.1) is 5.56 Å². The minimum absolute atomic E-state index is 0.0157. The van der Waals surface area contributed by atoms with E-state index in [4.69, 9.17) is 10.2 Å². The molecule has 0 saturated heterocycles. The van der Waals surface area contributed by atoms with Crippen LogP contribution in [0.15, 0.2) is 16.5 Å². The number of carbonyl (C=O) groups is 1. The van der Waals surface area contributed by atoms with Gasteiger partial charge in [0.1, 0.15) is 11.3 Å². The fourth-order valence-corrected chi connectivity index (χ4v) is 2.49. The summed E-state index contributed by atoms with van der Waals surface area (Å²) in [6.07, 6.45) is 4.49. The second-order valence-corrected chi connectivity index (χ2v) is 4.81. The van der Waals surface area contributed by atoms with Gasteiger partial charge >= 0.3 is 0 Å². The molecule has 0 radical (unpaired) electrons. The fraction of sp³-hybridized carbons (Fsp3) is 0.385. The lowest BCUT2D eigenvalue weighted by atomic mass is 10.2. The number of oxazole rings is 1. The van der Waals surface area contributed by atoms with E-state index in [0.29, 0.717) is 17.6 Å². The summed E-state index contributed by atoms with van der Waals surface area (Å²) in [5, 5.41) is 3.16. The number of fused-ring (bicyclic) bond motifs is 1. The van der Waals surface area contributed by atoms with Gasteiger partial charge < -0.3 is 15.5 Å². The van der Waals surface area contributed by atoms with Crippen molar-refractivity contribution in [3.05, 3.63) is 23.5 Å². The predicted octanol–water partition coefficient (Wildman–Crippen LogP) is 2.42. The van der Waals surface area contributed by atoms with Crippen molar-refractivity contribution in [3.63, 3.8) is 0 Å². The normalized spacial score (nSPS) is 16.1. The summed E-state index contributed by atoms with van der Waals surface area (Å²) in [4.78, 5) is 15.4.